The van der Waals surface area contributed by atoms with Crippen LogP contribution in [0.25, 0.3) is 0 Å². The number of nitrogens with one attached hydrogen (secondary N) is 1. The number of hydrogen-bond donors (Lipinski definition) is 1. The van der Waals surface area contributed by atoms with Crippen molar-refractivity contribution in [1.29, 1.82) is 0 Å². The Morgan fingerprint density at radius 2 is 2.00 bits per heavy atom. The highest BCUT2D eigenvalue weighted by molar-refractivity contribution is 5.94. The van der Waals surface area contributed by atoms with Crippen LogP contribution in [0.1, 0.15) is 16.8 Å². The first-order valence-corrected chi connectivity index (χ1v) is 4.50. The third-order valence-electron chi connectivity index (χ3n) is 1.82. The van der Waals surface area contributed by atoms with Crippen molar-refractivity contribution in [3.8, 4) is 0 Å². The second-order valence-corrected chi connectivity index (χ2v) is 2.93. The second-order valence-electron chi connectivity index (χ2n) is 2.93. The highest BCUT2D eigenvalue weighted by atomic mass is 19.1. The monoisotopic (exact) mass is 211 g/mol. The maximum atomic E-state index is 13.1. The van der Waals surface area contributed by atoms with E-state index in [1.165, 1.54) is 6.07 Å². The molecule has 0 saturated carbocycles. The summed E-state index contributed by atoms with van der Waals surface area (Å²) in [5.74, 6) is -2.45. The van der Waals surface area contributed by atoms with Gasteiger partial charge in [0.15, 0.2) is 0 Å². The maximum Gasteiger partial charge on any atom is 0.257 e. The van der Waals surface area contributed by atoms with Crippen LogP contribution in [-0.4, -0.2) is 12.5 Å². The normalized spacial score (nSPS) is 9.73. The molecule has 1 amide bonds. The number of amides is 1. The Kier molecular flexibility index (Phi) is 3.97. The molecule has 0 heterocycles. The lowest BCUT2D eigenvalue weighted by Crippen LogP contribution is -2.26. The summed E-state index contributed by atoms with van der Waals surface area (Å²) in [5, 5.41) is 2.39. The van der Waals surface area contributed by atoms with Gasteiger partial charge in [0, 0.05) is 6.54 Å². The van der Waals surface area contributed by atoms with Gasteiger partial charge in [0.05, 0.1) is 0 Å². The van der Waals surface area contributed by atoms with E-state index in [4.69, 9.17) is 0 Å². The summed E-state index contributed by atoms with van der Waals surface area (Å²) in [6.07, 6.45) is 2.17. The molecule has 0 unspecified atom stereocenters. The first kappa shape index (κ1) is 11.4. The van der Waals surface area contributed by atoms with Gasteiger partial charge in [0.25, 0.3) is 5.91 Å². The molecule has 0 fully saturated rings. The zero-order valence-corrected chi connectivity index (χ0v) is 8.09. The molecule has 0 aromatic heterocycles. The highest BCUT2D eigenvalue weighted by Gasteiger charge is 2.15. The van der Waals surface area contributed by atoms with Crippen LogP contribution in [0.5, 0.6) is 0 Å². The van der Waals surface area contributed by atoms with Crippen LogP contribution in [0.3, 0.4) is 0 Å². The molecule has 0 atom stereocenters. The molecule has 0 aliphatic heterocycles. The molecule has 0 aliphatic carbocycles. The van der Waals surface area contributed by atoms with E-state index < -0.39 is 23.1 Å². The van der Waals surface area contributed by atoms with Gasteiger partial charge in [0.1, 0.15) is 17.2 Å². The smallest absolute Gasteiger partial charge is 0.257 e. The van der Waals surface area contributed by atoms with E-state index in [9.17, 15) is 13.6 Å². The standard InChI is InChI=1S/C11H11F2NO/c1-2-3-7-14-11(15)10-8(12)5-4-6-9(10)13/h2,4-6H,1,3,7H2,(H,14,15). The van der Waals surface area contributed by atoms with E-state index in [1.54, 1.807) is 6.08 Å². The lowest BCUT2D eigenvalue weighted by atomic mass is 10.2. The van der Waals surface area contributed by atoms with E-state index >= 15 is 0 Å². The van der Waals surface area contributed by atoms with Crippen molar-refractivity contribution in [2.75, 3.05) is 6.54 Å². The van der Waals surface area contributed by atoms with Gasteiger partial charge in [0.2, 0.25) is 0 Å². The molecule has 15 heavy (non-hydrogen) atoms. The van der Waals surface area contributed by atoms with E-state index in [-0.39, 0.29) is 0 Å². The average Bonchev–Trinajstić information content (AvgIpc) is 2.18. The fraction of sp³-hybridized carbons (Fsp3) is 0.182. The van der Waals surface area contributed by atoms with E-state index in [2.05, 4.69) is 11.9 Å². The molecule has 0 radical (unpaired) electrons. The van der Waals surface area contributed by atoms with Gasteiger partial charge in [-0.1, -0.05) is 12.1 Å². The lowest BCUT2D eigenvalue weighted by molar-refractivity contribution is 0.0946. The zero-order chi connectivity index (χ0) is 11.3. The first-order valence-electron chi connectivity index (χ1n) is 4.50. The lowest BCUT2D eigenvalue weighted by Gasteiger charge is -2.05. The summed E-state index contributed by atoms with van der Waals surface area (Å²) in [6.45, 7) is 3.78. The van der Waals surface area contributed by atoms with Crippen LogP contribution in [-0.2, 0) is 0 Å². The first-order chi connectivity index (χ1) is 7.16. The Balaban J connectivity index is 2.77. The number of benzene rings is 1. The van der Waals surface area contributed by atoms with E-state index in [0.29, 0.717) is 13.0 Å². The molecule has 1 N–H and O–H groups in total. The van der Waals surface area contributed by atoms with Gasteiger partial charge in [-0.3, -0.25) is 4.79 Å². The van der Waals surface area contributed by atoms with Gasteiger partial charge >= 0.3 is 0 Å². The molecule has 2 nitrogen and oxygen atoms in total. The topological polar surface area (TPSA) is 29.1 Å². The molecule has 1 aromatic carbocycles. The summed E-state index contributed by atoms with van der Waals surface area (Å²) in [7, 11) is 0. The van der Waals surface area contributed by atoms with Crippen molar-refractivity contribution >= 4 is 5.91 Å². The molecule has 80 valence electrons. The minimum absolute atomic E-state index is 0.316. The van der Waals surface area contributed by atoms with Crippen molar-refractivity contribution in [3.05, 3.63) is 48.1 Å². The molecule has 0 saturated heterocycles. The fourth-order valence-electron chi connectivity index (χ4n) is 1.09. The Bertz CT molecular complexity index is 357. The van der Waals surface area contributed by atoms with Crippen molar-refractivity contribution in [3.63, 3.8) is 0 Å². The molecular weight excluding hydrogens is 200 g/mol. The Morgan fingerprint density at radius 1 is 1.40 bits per heavy atom. The van der Waals surface area contributed by atoms with Gasteiger partial charge in [-0.05, 0) is 18.6 Å². The summed E-state index contributed by atoms with van der Waals surface area (Å²) in [4.78, 5) is 11.3. The molecule has 4 heteroatoms. The van der Waals surface area contributed by atoms with Crippen molar-refractivity contribution in [1.82, 2.24) is 5.32 Å². The molecule has 0 spiro atoms. The van der Waals surface area contributed by atoms with Gasteiger partial charge < -0.3 is 5.32 Å². The molecule has 1 aromatic rings. The number of halogens is 2. The maximum absolute atomic E-state index is 13.1. The Morgan fingerprint density at radius 3 is 2.53 bits per heavy atom. The zero-order valence-electron chi connectivity index (χ0n) is 8.09. The summed E-state index contributed by atoms with van der Waals surface area (Å²) in [6, 6.07) is 3.31. The molecule has 0 bridgehead atoms. The summed E-state index contributed by atoms with van der Waals surface area (Å²) in [5.41, 5.74) is -0.540. The molecular formula is C11H11F2NO. The second kappa shape index (κ2) is 5.24. The minimum atomic E-state index is -0.855. The van der Waals surface area contributed by atoms with Crippen LogP contribution in [0, 0.1) is 11.6 Å². The SMILES string of the molecule is C=CCCNC(=O)c1c(F)cccc1F. The van der Waals surface area contributed by atoms with Crippen molar-refractivity contribution in [2.45, 2.75) is 6.42 Å². The largest absolute Gasteiger partial charge is 0.352 e. The predicted octanol–water partition coefficient (Wildman–Crippen LogP) is 2.27. The predicted molar refractivity (Wildman–Crippen MR) is 53.5 cm³/mol. The highest BCUT2D eigenvalue weighted by Crippen LogP contribution is 2.11. The van der Waals surface area contributed by atoms with Crippen LogP contribution < -0.4 is 5.32 Å². The summed E-state index contributed by atoms with van der Waals surface area (Å²) < 4.78 is 26.2. The number of carbonyl (C=O) groups is 1. The van der Waals surface area contributed by atoms with Gasteiger partial charge in [-0.25, -0.2) is 8.78 Å². The third kappa shape index (κ3) is 2.87. The fourth-order valence-corrected chi connectivity index (χ4v) is 1.09. The summed E-state index contributed by atoms with van der Waals surface area (Å²) >= 11 is 0. The minimum Gasteiger partial charge on any atom is -0.352 e. The van der Waals surface area contributed by atoms with Crippen molar-refractivity contribution in [2.24, 2.45) is 0 Å². The van der Waals surface area contributed by atoms with E-state index in [1.807, 2.05) is 0 Å². The van der Waals surface area contributed by atoms with Crippen molar-refractivity contribution < 1.29 is 13.6 Å². The van der Waals surface area contributed by atoms with Crippen LogP contribution in [0.4, 0.5) is 8.78 Å². The number of rotatable bonds is 4. The van der Waals surface area contributed by atoms with Crippen LogP contribution >= 0.6 is 0 Å². The third-order valence-corrected chi connectivity index (χ3v) is 1.82. The average molecular weight is 211 g/mol. The molecule has 1 rings (SSSR count). The van der Waals surface area contributed by atoms with Crippen LogP contribution in [0.15, 0.2) is 30.9 Å². The number of carbonyl (C=O) groups excluding carboxylic acids is 1. The van der Waals surface area contributed by atoms with Crippen LogP contribution in [0.2, 0.25) is 0 Å². The number of hydrogen-bond acceptors (Lipinski definition) is 1. The van der Waals surface area contributed by atoms with Gasteiger partial charge in [-0.2, -0.15) is 0 Å². The quantitative estimate of drug-likeness (QED) is 0.600. The Hall–Kier alpha value is -1.71. The molecule has 0 aliphatic rings. The van der Waals surface area contributed by atoms with E-state index in [0.717, 1.165) is 12.1 Å². The van der Waals surface area contributed by atoms with Gasteiger partial charge in [-0.15, -0.1) is 6.58 Å². The Labute approximate surface area is 86.6 Å².